The van der Waals surface area contributed by atoms with E-state index in [0.717, 1.165) is 30.0 Å². The number of anilines is 1. The van der Waals surface area contributed by atoms with Crippen LogP contribution in [0.1, 0.15) is 5.69 Å². The van der Waals surface area contributed by atoms with Crippen LogP contribution in [0.15, 0.2) is 48.7 Å². The van der Waals surface area contributed by atoms with Crippen molar-refractivity contribution in [3.05, 3.63) is 54.4 Å². The molecule has 0 fully saturated rings. The number of carbonyl (C=O) groups excluding carboxylic acids is 1. The summed E-state index contributed by atoms with van der Waals surface area (Å²) in [5.41, 5.74) is 1.83. The third-order valence-electron chi connectivity index (χ3n) is 2.87. The van der Waals surface area contributed by atoms with Crippen LogP contribution in [0.2, 0.25) is 0 Å². The van der Waals surface area contributed by atoms with Gasteiger partial charge in [-0.1, -0.05) is 6.07 Å². The number of ether oxygens (including phenoxy) is 1. The van der Waals surface area contributed by atoms with Gasteiger partial charge in [-0.3, -0.25) is 9.78 Å². The number of nitrogens with zero attached hydrogens (tertiary/aromatic N) is 2. The van der Waals surface area contributed by atoms with Crippen LogP contribution in [0.25, 0.3) is 0 Å². The highest BCUT2D eigenvalue weighted by atomic mass is 16.5. The zero-order valence-electron chi connectivity index (χ0n) is 10.8. The molecule has 2 aromatic rings. The maximum Gasteiger partial charge on any atom is 0.214 e. The molecule has 1 aromatic carbocycles. The zero-order valence-corrected chi connectivity index (χ0v) is 10.8. The van der Waals surface area contributed by atoms with Crippen molar-refractivity contribution in [2.24, 2.45) is 0 Å². The summed E-state index contributed by atoms with van der Waals surface area (Å²) in [5, 5.41) is 0. The van der Waals surface area contributed by atoms with Gasteiger partial charge in [0.25, 0.3) is 0 Å². The van der Waals surface area contributed by atoms with E-state index in [9.17, 15) is 4.79 Å². The Hall–Kier alpha value is -2.36. The molecule has 0 bridgehead atoms. The van der Waals surface area contributed by atoms with Gasteiger partial charge in [-0.05, 0) is 36.4 Å². The van der Waals surface area contributed by atoms with Crippen LogP contribution >= 0.6 is 0 Å². The molecule has 19 heavy (non-hydrogen) atoms. The van der Waals surface area contributed by atoms with Gasteiger partial charge in [-0.25, -0.2) is 0 Å². The second kappa shape index (κ2) is 6.54. The minimum Gasteiger partial charge on any atom is -0.497 e. The predicted octanol–water partition coefficient (Wildman–Crippen LogP) is 2.30. The standard InChI is InChI=1S/C15H16N2O2/c1-19-15-7-5-14(6-8-15)17(12-18)11-9-13-4-2-3-10-16-13/h2-8,10,12H,9,11H2,1H3. The fraction of sp³-hybridized carbons (Fsp3) is 0.200. The van der Waals surface area contributed by atoms with Gasteiger partial charge < -0.3 is 9.64 Å². The van der Waals surface area contributed by atoms with Crippen LogP contribution in [0.4, 0.5) is 5.69 Å². The van der Waals surface area contributed by atoms with E-state index in [1.165, 1.54) is 0 Å². The molecule has 0 spiro atoms. The average molecular weight is 256 g/mol. The van der Waals surface area contributed by atoms with E-state index in [2.05, 4.69) is 4.98 Å². The third-order valence-corrected chi connectivity index (χ3v) is 2.87. The molecule has 2 rings (SSSR count). The SMILES string of the molecule is COc1ccc(N(C=O)CCc2ccccn2)cc1. The molecule has 0 saturated heterocycles. The number of amides is 1. The molecular weight excluding hydrogens is 240 g/mol. The number of aromatic nitrogens is 1. The molecule has 0 radical (unpaired) electrons. The van der Waals surface area contributed by atoms with Gasteiger partial charge in [0.2, 0.25) is 6.41 Å². The van der Waals surface area contributed by atoms with Crippen LogP contribution in [0, 0.1) is 0 Å². The van der Waals surface area contributed by atoms with Gasteiger partial charge in [0.05, 0.1) is 7.11 Å². The Morgan fingerprint density at radius 3 is 2.58 bits per heavy atom. The Morgan fingerprint density at radius 1 is 1.21 bits per heavy atom. The predicted molar refractivity (Wildman–Crippen MR) is 74.3 cm³/mol. The van der Waals surface area contributed by atoms with Crippen LogP contribution in [0.5, 0.6) is 5.75 Å². The maximum absolute atomic E-state index is 11.2. The lowest BCUT2D eigenvalue weighted by Crippen LogP contribution is -2.24. The van der Waals surface area contributed by atoms with Gasteiger partial charge in [0.1, 0.15) is 5.75 Å². The van der Waals surface area contributed by atoms with Gasteiger partial charge in [0, 0.05) is 30.5 Å². The number of hydrogen-bond acceptors (Lipinski definition) is 3. The van der Waals surface area contributed by atoms with E-state index >= 15 is 0 Å². The molecule has 0 aliphatic heterocycles. The largest absolute Gasteiger partial charge is 0.497 e. The van der Waals surface area contributed by atoms with E-state index in [1.807, 2.05) is 42.5 Å². The Kier molecular flexibility index (Phi) is 4.50. The zero-order chi connectivity index (χ0) is 13.5. The molecule has 98 valence electrons. The number of methoxy groups -OCH3 is 1. The van der Waals surface area contributed by atoms with Crippen LogP contribution in [-0.2, 0) is 11.2 Å². The Bertz CT molecular complexity index is 511. The van der Waals surface area contributed by atoms with Crippen LogP contribution in [0.3, 0.4) is 0 Å². The van der Waals surface area contributed by atoms with Gasteiger partial charge in [-0.2, -0.15) is 0 Å². The summed E-state index contributed by atoms with van der Waals surface area (Å²) in [6.45, 7) is 0.604. The highest BCUT2D eigenvalue weighted by Crippen LogP contribution is 2.18. The molecule has 0 aliphatic carbocycles. The summed E-state index contributed by atoms with van der Waals surface area (Å²) < 4.78 is 5.10. The van der Waals surface area contributed by atoms with E-state index < -0.39 is 0 Å². The van der Waals surface area contributed by atoms with Crippen molar-refractivity contribution in [3.8, 4) is 5.75 Å². The van der Waals surface area contributed by atoms with E-state index in [0.29, 0.717) is 6.54 Å². The molecule has 1 amide bonds. The minimum absolute atomic E-state index is 0.604. The van der Waals surface area contributed by atoms with Crippen molar-refractivity contribution >= 4 is 12.1 Å². The number of pyridine rings is 1. The summed E-state index contributed by atoms with van der Waals surface area (Å²) in [6.07, 6.45) is 3.32. The Balaban J connectivity index is 2.01. The fourth-order valence-corrected chi connectivity index (χ4v) is 1.80. The van der Waals surface area contributed by atoms with Crippen LogP contribution in [-0.4, -0.2) is 25.0 Å². The van der Waals surface area contributed by atoms with Crippen molar-refractivity contribution in [2.45, 2.75) is 6.42 Å². The summed E-state index contributed by atoms with van der Waals surface area (Å²) in [7, 11) is 1.62. The normalized spacial score (nSPS) is 9.95. The second-order valence-corrected chi connectivity index (χ2v) is 4.07. The first-order chi connectivity index (χ1) is 9.33. The van der Waals surface area contributed by atoms with Crippen molar-refractivity contribution in [2.75, 3.05) is 18.6 Å². The maximum atomic E-state index is 11.2. The first-order valence-electron chi connectivity index (χ1n) is 6.09. The van der Waals surface area contributed by atoms with Crippen molar-refractivity contribution in [3.63, 3.8) is 0 Å². The highest BCUT2D eigenvalue weighted by Gasteiger charge is 2.06. The lowest BCUT2D eigenvalue weighted by molar-refractivity contribution is -0.107. The molecule has 1 aromatic heterocycles. The lowest BCUT2D eigenvalue weighted by Gasteiger charge is -2.17. The van der Waals surface area contributed by atoms with E-state index in [1.54, 1.807) is 18.2 Å². The smallest absolute Gasteiger partial charge is 0.214 e. The van der Waals surface area contributed by atoms with E-state index in [4.69, 9.17) is 4.74 Å². The molecule has 0 unspecified atom stereocenters. The van der Waals surface area contributed by atoms with Gasteiger partial charge in [0.15, 0.2) is 0 Å². The summed E-state index contributed by atoms with van der Waals surface area (Å²) in [5.74, 6) is 0.777. The molecule has 4 heteroatoms. The second-order valence-electron chi connectivity index (χ2n) is 4.07. The average Bonchev–Trinajstić information content (AvgIpc) is 2.49. The molecule has 4 nitrogen and oxygen atoms in total. The molecule has 1 heterocycles. The van der Waals surface area contributed by atoms with Gasteiger partial charge in [-0.15, -0.1) is 0 Å². The molecule has 0 N–H and O–H groups in total. The quantitative estimate of drug-likeness (QED) is 0.745. The summed E-state index contributed by atoms with van der Waals surface area (Å²) in [4.78, 5) is 17.1. The van der Waals surface area contributed by atoms with Crippen LogP contribution < -0.4 is 9.64 Å². The molecule has 0 aliphatic rings. The fourth-order valence-electron chi connectivity index (χ4n) is 1.80. The Labute approximate surface area is 112 Å². The number of benzene rings is 1. The third kappa shape index (κ3) is 3.55. The Morgan fingerprint density at radius 2 is 2.00 bits per heavy atom. The van der Waals surface area contributed by atoms with Crippen molar-refractivity contribution in [1.29, 1.82) is 0 Å². The van der Waals surface area contributed by atoms with Crippen molar-refractivity contribution in [1.82, 2.24) is 4.98 Å². The lowest BCUT2D eigenvalue weighted by atomic mass is 10.2. The molecule has 0 atom stereocenters. The number of carbonyl (C=O) groups is 1. The first kappa shape index (κ1) is 13.1. The highest BCUT2D eigenvalue weighted by molar-refractivity contribution is 5.75. The minimum atomic E-state index is 0.604. The summed E-state index contributed by atoms with van der Waals surface area (Å²) >= 11 is 0. The van der Waals surface area contributed by atoms with E-state index in [-0.39, 0.29) is 0 Å². The van der Waals surface area contributed by atoms with Crippen molar-refractivity contribution < 1.29 is 9.53 Å². The number of rotatable bonds is 6. The summed E-state index contributed by atoms with van der Waals surface area (Å²) in [6, 6.07) is 13.2. The topological polar surface area (TPSA) is 42.4 Å². The number of hydrogen-bond donors (Lipinski definition) is 0. The van der Waals surface area contributed by atoms with Gasteiger partial charge >= 0.3 is 0 Å². The molecule has 0 saturated carbocycles. The first-order valence-corrected chi connectivity index (χ1v) is 6.09. The monoisotopic (exact) mass is 256 g/mol. The molecular formula is C15H16N2O2.